The minimum atomic E-state index is -3.33. The summed E-state index contributed by atoms with van der Waals surface area (Å²) >= 11 is 7.33. The Hall–Kier alpha value is -0.920. The molecular formula is C12H15ClN2O3S2. The van der Waals surface area contributed by atoms with E-state index in [1.165, 1.54) is 28.8 Å². The predicted molar refractivity (Wildman–Crippen MR) is 82.9 cm³/mol. The molecule has 1 aromatic carbocycles. The molecule has 110 valence electrons. The SMILES string of the molecule is CS(=O)(=O)C1CSCCN1C(=O)c1ccc(Cl)cc1N. The van der Waals surface area contributed by atoms with E-state index in [0.717, 1.165) is 6.26 Å². The van der Waals surface area contributed by atoms with Gasteiger partial charge in [0.2, 0.25) is 0 Å². The van der Waals surface area contributed by atoms with Crippen LogP contribution < -0.4 is 5.73 Å². The number of thioether (sulfide) groups is 1. The molecule has 20 heavy (non-hydrogen) atoms. The first kappa shape index (κ1) is 15.5. The van der Waals surface area contributed by atoms with E-state index in [0.29, 0.717) is 23.1 Å². The maximum atomic E-state index is 12.5. The Morgan fingerprint density at radius 3 is 2.80 bits per heavy atom. The van der Waals surface area contributed by atoms with Gasteiger partial charge in [0, 0.05) is 35.0 Å². The Morgan fingerprint density at radius 1 is 1.50 bits per heavy atom. The number of nitrogens with zero attached hydrogens (tertiary/aromatic N) is 1. The third-order valence-electron chi connectivity index (χ3n) is 3.08. The van der Waals surface area contributed by atoms with E-state index in [4.69, 9.17) is 17.3 Å². The monoisotopic (exact) mass is 334 g/mol. The maximum absolute atomic E-state index is 12.5. The van der Waals surface area contributed by atoms with Crippen molar-refractivity contribution in [2.75, 3.05) is 30.0 Å². The summed E-state index contributed by atoms with van der Waals surface area (Å²) in [6.45, 7) is 0.392. The molecule has 0 radical (unpaired) electrons. The molecule has 1 atom stereocenters. The van der Waals surface area contributed by atoms with Crippen LogP contribution in [0.4, 0.5) is 5.69 Å². The van der Waals surface area contributed by atoms with Gasteiger partial charge in [-0.2, -0.15) is 11.8 Å². The summed E-state index contributed by atoms with van der Waals surface area (Å²) in [6, 6.07) is 4.59. The number of amides is 1. The van der Waals surface area contributed by atoms with Crippen LogP contribution in [-0.2, 0) is 9.84 Å². The van der Waals surface area contributed by atoms with Crippen LogP contribution >= 0.6 is 23.4 Å². The highest BCUT2D eigenvalue weighted by Crippen LogP contribution is 2.25. The summed E-state index contributed by atoms with van der Waals surface area (Å²) in [5.41, 5.74) is 6.34. The highest BCUT2D eigenvalue weighted by atomic mass is 35.5. The summed E-state index contributed by atoms with van der Waals surface area (Å²) in [7, 11) is -3.33. The molecule has 1 saturated heterocycles. The fourth-order valence-corrected chi connectivity index (χ4v) is 5.05. The van der Waals surface area contributed by atoms with Crippen LogP contribution in [0.5, 0.6) is 0 Å². The third-order valence-corrected chi connectivity index (χ3v) is 5.96. The van der Waals surface area contributed by atoms with Gasteiger partial charge in [0.15, 0.2) is 9.84 Å². The fraction of sp³-hybridized carbons (Fsp3) is 0.417. The quantitative estimate of drug-likeness (QED) is 0.829. The maximum Gasteiger partial charge on any atom is 0.257 e. The van der Waals surface area contributed by atoms with Crippen LogP contribution in [0.25, 0.3) is 0 Å². The molecule has 0 aliphatic carbocycles. The Kier molecular flexibility index (Phi) is 4.51. The Balaban J connectivity index is 2.35. The zero-order chi connectivity index (χ0) is 14.9. The van der Waals surface area contributed by atoms with Crippen molar-refractivity contribution in [1.29, 1.82) is 0 Å². The van der Waals surface area contributed by atoms with E-state index in [-0.39, 0.29) is 17.2 Å². The number of halogens is 1. The second kappa shape index (κ2) is 5.83. The Labute approximate surface area is 127 Å². The lowest BCUT2D eigenvalue weighted by Crippen LogP contribution is -2.50. The van der Waals surface area contributed by atoms with Gasteiger partial charge in [-0.05, 0) is 18.2 Å². The first-order chi connectivity index (χ1) is 9.30. The van der Waals surface area contributed by atoms with Crippen molar-refractivity contribution in [3.63, 3.8) is 0 Å². The molecule has 1 aromatic rings. The van der Waals surface area contributed by atoms with Crippen molar-refractivity contribution in [3.05, 3.63) is 28.8 Å². The first-order valence-electron chi connectivity index (χ1n) is 5.93. The van der Waals surface area contributed by atoms with E-state index in [1.54, 1.807) is 6.07 Å². The smallest absolute Gasteiger partial charge is 0.257 e. The van der Waals surface area contributed by atoms with Gasteiger partial charge in [-0.3, -0.25) is 4.79 Å². The van der Waals surface area contributed by atoms with E-state index in [2.05, 4.69) is 0 Å². The molecule has 0 aromatic heterocycles. The van der Waals surface area contributed by atoms with Crippen molar-refractivity contribution in [1.82, 2.24) is 4.90 Å². The zero-order valence-electron chi connectivity index (χ0n) is 10.9. The number of nitrogen functional groups attached to an aromatic ring is 1. The molecule has 2 rings (SSSR count). The zero-order valence-corrected chi connectivity index (χ0v) is 13.3. The number of carbonyl (C=O) groups excluding carboxylic acids is 1. The second-order valence-electron chi connectivity index (χ2n) is 4.59. The Bertz CT molecular complexity index is 634. The number of sulfone groups is 1. The molecule has 1 unspecified atom stereocenters. The van der Waals surface area contributed by atoms with Crippen LogP contribution in [0.15, 0.2) is 18.2 Å². The molecule has 0 saturated carbocycles. The van der Waals surface area contributed by atoms with Gasteiger partial charge in [0.1, 0.15) is 5.37 Å². The molecular weight excluding hydrogens is 320 g/mol. The normalized spacial score (nSPS) is 19.9. The van der Waals surface area contributed by atoms with Crippen LogP contribution in [0.1, 0.15) is 10.4 Å². The number of nitrogens with two attached hydrogens (primary N) is 1. The van der Waals surface area contributed by atoms with Gasteiger partial charge in [-0.25, -0.2) is 8.42 Å². The van der Waals surface area contributed by atoms with Crippen molar-refractivity contribution in [2.24, 2.45) is 0 Å². The van der Waals surface area contributed by atoms with Gasteiger partial charge in [0.05, 0.1) is 5.56 Å². The number of benzene rings is 1. The van der Waals surface area contributed by atoms with Crippen LogP contribution in [-0.4, -0.2) is 48.9 Å². The summed E-state index contributed by atoms with van der Waals surface area (Å²) in [4.78, 5) is 13.9. The van der Waals surface area contributed by atoms with E-state index < -0.39 is 15.2 Å². The molecule has 8 heteroatoms. The summed E-state index contributed by atoms with van der Waals surface area (Å²) in [6.07, 6.45) is 1.15. The van der Waals surface area contributed by atoms with Crippen LogP contribution in [0.3, 0.4) is 0 Å². The van der Waals surface area contributed by atoms with Crippen LogP contribution in [0.2, 0.25) is 5.02 Å². The number of hydrogen-bond acceptors (Lipinski definition) is 5. The molecule has 1 fully saturated rings. The van der Waals surface area contributed by atoms with Crippen molar-refractivity contribution in [2.45, 2.75) is 5.37 Å². The van der Waals surface area contributed by atoms with Gasteiger partial charge in [-0.15, -0.1) is 0 Å². The van der Waals surface area contributed by atoms with Crippen molar-refractivity contribution >= 4 is 44.8 Å². The van der Waals surface area contributed by atoms with Gasteiger partial charge in [-0.1, -0.05) is 11.6 Å². The third kappa shape index (κ3) is 3.21. The van der Waals surface area contributed by atoms with Crippen molar-refractivity contribution < 1.29 is 13.2 Å². The lowest BCUT2D eigenvalue weighted by atomic mass is 10.1. The molecule has 0 spiro atoms. The number of hydrogen-bond donors (Lipinski definition) is 1. The van der Waals surface area contributed by atoms with E-state index in [1.807, 2.05) is 0 Å². The minimum Gasteiger partial charge on any atom is -0.398 e. The Morgan fingerprint density at radius 2 is 2.20 bits per heavy atom. The highest BCUT2D eigenvalue weighted by Gasteiger charge is 2.35. The topological polar surface area (TPSA) is 80.5 Å². The number of rotatable bonds is 2. The molecule has 1 aliphatic rings. The molecule has 1 amide bonds. The highest BCUT2D eigenvalue weighted by molar-refractivity contribution is 8.00. The standard InChI is InChI=1S/C12H15ClN2O3S2/c1-20(17,18)11-7-19-5-4-15(11)12(16)9-3-2-8(13)6-10(9)14/h2-3,6,11H,4-5,7,14H2,1H3. The average molecular weight is 335 g/mol. The second-order valence-corrected chi connectivity index (χ2v) is 8.38. The predicted octanol–water partition coefficient (Wildman–Crippen LogP) is 1.48. The van der Waals surface area contributed by atoms with Gasteiger partial charge >= 0.3 is 0 Å². The van der Waals surface area contributed by atoms with Crippen molar-refractivity contribution in [3.8, 4) is 0 Å². The molecule has 5 nitrogen and oxygen atoms in total. The van der Waals surface area contributed by atoms with E-state index in [9.17, 15) is 13.2 Å². The lowest BCUT2D eigenvalue weighted by molar-refractivity contribution is 0.0750. The summed E-state index contributed by atoms with van der Waals surface area (Å²) in [5.74, 6) is 0.735. The largest absolute Gasteiger partial charge is 0.398 e. The lowest BCUT2D eigenvalue weighted by Gasteiger charge is -2.34. The summed E-state index contributed by atoms with van der Waals surface area (Å²) in [5, 5.41) is -0.364. The number of carbonyl (C=O) groups is 1. The van der Waals surface area contributed by atoms with Crippen LogP contribution in [0, 0.1) is 0 Å². The van der Waals surface area contributed by atoms with Gasteiger partial charge in [0.25, 0.3) is 5.91 Å². The number of anilines is 1. The first-order valence-corrected chi connectivity index (χ1v) is 9.42. The molecule has 1 aliphatic heterocycles. The summed E-state index contributed by atoms with van der Waals surface area (Å²) < 4.78 is 23.6. The van der Waals surface area contributed by atoms with Gasteiger partial charge < -0.3 is 10.6 Å². The average Bonchev–Trinajstić information content (AvgIpc) is 2.37. The molecule has 0 bridgehead atoms. The molecule has 1 heterocycles. The minimum absolute atomic E-state index is 0.257. The fourth-order valence-electron chi connectivity index (χ4n) is 2.05. The molecule has 2 N–H and O–H groups in total. The van der Waals surface area contributed by atoms with E-state index >= 15 is 0 Å².